The summed E-state index contributed by atoms with van der Waals surface area (Å²) in [5.74, 6) is 0. The van der Waals surface area contributed by atoms with E-state index in [0.29, 0.717) is 0 Å². The monoisotopic (exact) mass is 229 g/mol. The third-order valence-electron chi connectivity index (χ3n) is 3.30. The minimum atomic E-state index is 0.896. The molecule has 16 heavy (non-hydrogen) atoms. The van der Waals surface area contributed by atoms with Crippen molar-refractivity contribution in [3.63, 3.8) is 0 Å². The summed E-state index contributed by atoms with van der Waals surface area (Å²) in [4.78, 5) is 0. The van der Waals surface area contributed by atoms with Crippen LogP contribution in [0.1, 0.15) is 24.0 Å². The average Bonchev–Trinajstić information content (AvgIpc) is 2.75. The molecular formula is C14H15NS. The van der Waals surface area contributed by atoms with Crippen molar-refractivity contribution in [2.45, 2.75) is 25.7 Å². The third kappa shape index (κ3) is 1.74. The van der Waals surface area contributed by atoms with Crippen molar-refractivity contribution in [3.8, 4) is 11.1 Å². The summed E-state index contributed by atoms with van der Waals surface area (Å²) in [5.41, 5.74) is 11.4. The van der Waals surface area contributed by atoms with Gasteiger partial charge < -0.3 is 5.73 Å². The van der Waals surface area contributed by atoms with Crippen molar-refractivity contribution < 1.29 is 0 Å². The minimum Gasteiger partial charge on any atom is -0.391 e. The number of fused-ring (bicyclic) bond motifs is 1. The maximum absolute atomic E-state index is 5.77. The Morgan fingerprint density at radius 1 is 0.938 bits per heavy atom. The van der Waals surface area contributed by atoms with E-state index in [2.05, 4.69) is 29.6 Å². The highest BCUT2D eigenvalue weighted by Gasteiger charge is 2.10. The van der Waals surface area contributed by atoms with Gasteiger partial charge >= 0.3 is 0 Å². The Labute approximate surface area is 99.9 Å². The SMILES string of the molecule is Nc1cc(-c2ccc3c(c2)CCCC3)cs1. The zero-order chi connectivity index (χ0) is 11.0. The molecule has 0 bridgehead atoms. The van der Waals surface area contributed by atoms with Crippen molar-refractivity contribution in [1.82, 2.24) is 0 Å². The number of rotatable bonds is 1. The van der Waals surface area contributed by atoms with Crippen LogP contribution >= 0.6 is 11.3 Å². The first-order chi connectivity index (χ1) is 7.83. The lowest BCUT2D eigenvalue weighted by Gasteiger charge is -2.16. The van der Waals surface area contributed by atoms with Crippen molar-refractivity contribution in [2.24, 2.45) is 0 Å². The molecule has 3 rings (SSSR count). The lowest BCUT2D eigenvalue weighted by atomic mass is 9.89. The molecule has 1 aromatic heterocycles. The van der Waals surface area contributed by atoms with Crippen LogP contribution in [-0.2, 0) is 12.8 Å². The summed E-state index contributed by atoms with van der Waals surface area (Å²) in [7, 11) is 0. The summed E-state index contributed by atoms with van der Waals surface area (Å²) in [6.45, 7) is 0. The predicted molar refractivity (Wildman–Crippen MR) is 70.8 cm³/mol. The molecule has 0 atom stereocenters. The summed E-state index contributed by atoms with van der Waals surface area (Å²) >= 11 is 1.61. The van der Waals surface area contributed by atoms with Crippen LogP contribution in [0.4, 0.5) is 5.00 Å². The Kier molecular flexibility index (Phi) is 2.44. The topological polar surface area (TPSA) is 26.0 Å². The molecule has 2 aromatic rings. The van der Waals surface area contributed by atoms with Crippen molar-refractivity contribution in [1.29, 1.82) is 0 Å². The van der Waals surface area contributed by atoms with Crippen LogP contribution < -0.4 is 5.73 Å². The summed E-state index contributed by atoms with van der Waals surface area (Å²) in [6.07, 6.45) is 5.17. The van der Waals surface area contributed by atoms with Gasteiger partial charge in [-0.05, 0) is 54.0 Å². The number of nitrogen functional groups attached to an aromatic ring is 1. The van der Waals surface area contributed by atoms with Gasteiger partial charge in [-0.25, -0.2) is 0 Å². The Morgan fingerprint density at radius 3 is 2.50 bits per heavy atom. The fourth-order valence-electron chi connectivity index (χ4n) is 2.42. The second-order valence-corrected chi connectivity index (χ2v) is 5.37. The second-order valence-electron chi connectivity index (χ2n) is 4.43. The molecule has 1 heterocycles. The Morgan fingerprint density at radius 2 is 1.75 bits per heavy atom. The number of hydrogen-bond donors (Lipinski definition) is 1. The highest BCUT2D eigenvalue weighted by Crippen LogP contribution is 2.30. The maximum atomic E-state index is 5.77. The molecule has 0 saturated carbocycles. The largest absolute Gasteiger partial charge is 0.391 e. The van der Waals surface area contributed by atoms with Gasteiger partial charge in [-0.15, -0.1) is 11.3 Å². The first-order valence-electron chi connectivity index (χ1n) is 5.79. The molecule has 1 nitrogen and oxygen atoms in total. The molecule has 1 aliphatic carbocycles. The summed E-state index contributed by atoms with van der Waals surface area (Å²) < 4.78 is 0. The predicted octanol–water partition coefficient (Wildman–Crippen LogP) is 3.88. The van der Waals surface area contributed by atoms with Crippen molar-refractivity contribution in [3.05, 3.63) is 40.8 Å². The normalized spacial score (nSPS) is 14.8. The molecular weight excluding hydrogens is 214 g/mol. The van der Waals surface area contributed by atoms with Crippen LogP contribution in [0.25, 0.3) is 11.1 Å². The number of thiophene rings is 1. The van der Waals surface area contributed by atoms with Gasteiger partial charge in [-0.2, -0.15) is 0 Å². The number of anilines is 1. The fraction of sp³-hybridized carbons (Fsp3) is 0.286. The zero-order valence-electron chi connectivity index (χ0n) is 9.20. The second kappa shape index (κ2) is 3.95. The van der Waals surface area contributed by atoms with Gasteiger partial charge in [0.25, 0.3) is 0 Å². The Hall–Kier alpha value is -1.28. The van der Waals surface area contributed by atoms with E-state index in [9.17, 15) is 0 Å². The van der Waals surface area contributed by atoms with Gasteiger partial charge in [0.2, 0.25) is 0 Å². The molecule has 1 aliphatic rings. The molecule has 0 amide bonds. The van der Waals surface area contributed by atoms with Crippen LogP contribution in [0.2, 0.25) is 0 Å². The van der Waals surface area contributed by atoms with E-state index in [1.54, 1.807) is 16.9 Å². The van der Waals surface area contributed by atoms with E-state index < -0.39 is 0 Å². The van der Waals surface area contributed by atoms with Crippen LogP contribution in [0, 0.1) is 0 Å². The number of nitrogens with two attached hydrogens (primary N) is 1. The van der Waals surface area contributed by atoms with E-state index in [1.807, 2.05) is 0 Å². The third-order valence-corrected chi connectivity index (χ3v) is 4.06. The molecule has 0 spiro atoms. The van der Waals surface area contributed by atoms with E-state index in [0.717, 1.165) is 5.00 Å². The van der Waals surface area contributed by atoms with E-state index in [4.69, 9.17) is 5.73 Å². The lowest BCUT2D eigenvalue weighted by Crippen LogP contribution is -2.02. The highest BCUT2D eigenvalue weighted by molar-refractivity contribution is 7.14. The zero-order valence-corrected chi connectivity index (χ0v) is 10.0. The molecule has 0 aliphatic heterocycles. The highest BCUT2D eigenvalue weighted by atomic mass is 32.1. The molecule has 2 N–H and O–H groups in total. The van der Waals surface area contributed by atoms with Crippen LogP contribution in [0.15, 0.2) is 29.6 Å². The number of aryl methyl sites for hydroxylation is 2. The molecule has 82 valence electrons. The first-order valence-corrected chi connectivity index (χ1v) is 6.67. The number of benzene rings is 1. The summed E-state index contributed by atoms with van der Waals surface area (Å²) in [6, 6.07) is 8.93. The van der Waals surface area contributed by atoms with Gasteiger partial charge in [-0.3, -0.25) is 0 Å². The Balaban J connectivity index is 2.02. The quantitative estimate of drug-likeness (QED) is 0.789. The van der Waals surface area contributed by atoms with Crippen molar-refractivity contribution in [2.75, 3.05) is 5.73 Å². The molecule has 0 unspecified atom stereocenters. The molecule has 2 heteroatoms. The van der Waals surface area contributed by atoms with Gasteiger partial charge in [0.05, 0.1) is 5.00 Å². The van der Waals surface area contributed by atoms with Crippen LogP contribution in [0.5, 0.6) is 0 Å². The van der Waals surface area contributed by atoms with E-state index in [1.165, 1.54) is 42.4 Å². The van der Waals surface area contributed by atoms with Gasteiger partial charge in [-0.1, -0.05) is 18.2 Å². The minimum absolute atomic E-state index is 0.896. The van der Waals surface area contributed by atoms with Gasteiger partial charge in [0, 0.05) is 5.38 Å². The summed E-state index contributed by atoms with van der Waals surface area (Å²) in [5, 5.41) is 3.03. The first kappa shape index (κ1) is 9.91. The van der Waals surface area contributed by atoms with Crippen LogP contribution in [-0.4, -0.2) is 0 Å². The molecule has 1 aromatic carbocycles. The van der Waals surface area contributed by atoms with Crippen LogP contribution in [0.3, 0.4) is 0 Å². The molecule has 0 saturated heterocycles. The van der Waals surface area contributed by atoms with Crippen molar-refractivity contribution >= 4 is 16.3 Å². The maximum Gasteiger partial charge on any atom is 0.0862 e. The molecule has 0 radical (unpaired) electrons. The van der Waals surface area contributed by atoms with E-state index in [-0.39, 0.29) is 0 Å². The van der Waals surface area contributed by atoms with E-state index >= 15 is 0 Å². The number of hydrogen-bond acceptors (Lipinski definition) is 2. The van der Waals surface area contributed by atoms with Gasteiger partial charge in [0.1, 0.15) is 0 Å². The fourth-order valence-corrected chi connectivity index (χ4v) is 3.08. The Bertz CT molecular complexity index is 513. The van der Waals surface area contributed by atoms with Gasteiger partial charge in [0.15, 0.2) is 0 Å². The lowest BCUT2D eigenvalue weighted by molar-refractivity contribution is 0.686. The average molecular weight is 229 g/mol. The standard InChI is InChI=1S/C14H15NS/c15-14-8-13(9-16-14)12-6-5-10-3-1-2-4-11(10)7-12/h5-9H,1-4,15H2. The smallest absolute Gasteiger partial charge is 0.0862 e. The molecule has 0 fully saturated rings.